The third-order valence-corrected chi connectivity index (χ3v) is 5.31. The van der Waals surface area contributed by atoms with Gasteiger partial charge in [-0.15, -0.1) is 0 Å². The average Bonchev–Trinajstić information content (AvgIpc) is 3.51. The van der Waals surface area contributed by atoms with E-state index in [0.717, 1.165) is 46.8 Å². The van der Waals surface area contributed by atoms with E-state index in [1.54, 1.807) is 18.6 Å². The van der Waals surface area contributed by atoms with Crippen molar-refractivity contribution in [1.82, 2.24) is 24.8 Å². The molecule has 1 aliphatic rings. The van der Waals surface area contributed by atoms with Crippen molar-refractivity contribution >= 4 is 11.4 Å². The molecule has 0 unspecified atom stereocenters. The molecular weight excluding hydrogens is 390 g/mol. The van der Waals surface area contributed by atoms with Crippen LogP contribution < -0.4 is 5.43 Å². The van der Waals surface area contributed by atoms with Gasteiger partial charge in [-0.2, -0.15) is 5.10 Å². The smallest absolute Gasteiger partial charge is 0.0896 e. The maximum Gasteiger partial charge on any atom is 0.0896 e. The van der Waals surface area contributed by atoms with Gasteiger partial charge < -0.3 is 15.1 Å². The molecule has 3 aromatic heterocycles. The SMILES string of the molecule is N=C(c1ccncc1)c1[nH]cc(-c2cccc(-n3cccn3)c2)c1NN1CCOCC1. The highest BCUT2D eigenvalue weighted by Gasteiger charge is 2.21. The normalized spacial score (nSPS) is 14.5. The van der Waals surface area contributed by atoms with Crippen molar-refractivity contribution in [3.05, 3.63) is 84.7 Å². The number of benzene rings is 1. The number of ether oxygens (including phenoxy) is 1. The molecule has 4 aromatic rings. The first kappa shape index (κ1) is 19.2. The number of hydrazine groups is 1. The Morgan fingerprint density at radius 3 is 2.68 bits per heavy atom. The van der Waals surface area contributed by atoms with Crippen molar-refractivity contribution in [2.24, 2.45) is 0 Å². The first-order valence-corrected chi connectivity index (χ1v) is 10.2. The minimum atomic E-state index is 0.410. The van der Waals surface area contributed by atoms with Crippen LogP contribution >= 0.6 is 0 Å². The lowest BCUT2D eigenvalue weighted by Crippen LogP contribution is -2.40. The number of H-pyrrole nitrogens is 1. The van der Waals surface area contributed by atoms with Crippen LogP contribution in [0.3, 0.4) is 0 Å². The van der Waals surface area contributed by atoms with E-state index in [9.17, 15) is 0 Å². The van der Waals surface area contributed by atoms with E-state index in [2.05, 4.69) is 37.6 Å². The number of morpholine rings is 1. The largest absolute Gasteiger partial charge is 0.379 e. The minimum Gasteiger partial charge on any atom is -0.379 e. The van der Waals surface area contributed by atoms with Gasteiger partial charge in [-0.05, 0) is 35.9 Å². The predicted molar refractivity (Wildman–Crippen MR) is 120 cm³/mol. The monoisotopic (exact) mass is 413 g/mol. The van der Waals surface area contributed by atoms with Gasteiger partial charge in [0.15, 0.2) is 0 Å². The minimum absolute atomic E-state index is 0.410. The van der Waals surface area contributed by atoms with Gasteiger partial charge in [0.05, 0.1) is 36.0 Å². The van der Waals surface area contributed by atoms with E-state index >= 15 is 0 Å². The molecule has 0 radical (unpaired) electrons. The third-order valence-electron chi connectivity index (χ3n) is 5.31. The van der Waals surface area contributed by atoms with Crippen LogP contribution in [0.15, 0.2) is 73.4 Å². The fraction of sp³-hybridized carbons (Fsp3) is 0.174. The first-order valence-electron chi connectivity index (χ1n) is 10.2. The van der Waals surface area contributed by atoms with Gasteiger partial charge in [0, 0.05) is 55.2 Å². The van der Waals surface area contributed by atoms with Gasteiger partial charge in [-0.3, -0.25) is 10.4 Å². The maximum atomic E-state index is 8.80. The summed E-state index contributed by atoms with van der Waals surface area (Å²) < 4.78 is 7.33. The quantitative estimate of drug-likeness (QED) is 0.422. The number of hydrogen-bond donors (Lipinski definition) is 3. The van der Waals surface area contributed by atoms with Crippen LogP contribution in [0.4, 0.5) is 5.69 Å². The maximum absolute atomic E-state index is 8.80. The topological polar surface area (TPSA) is 94.8 Å². The molecule has 156 valence electrons. The van der Waals surface area contributed by atoms with Crippen LogP contribution in [0.25, 0.3) is 16.8 Å². The van der Waals surface area contributed by atoms with Gasteiger partial charge in [0.25, 0.3) is 0 Å². The van der Waals surface area contributed by atoms with Gasteiger partial charge in [-0.1, -0.05) is 12.1 Å². The molecule has 5 rings (SSSR count). The van der Waals surface area contributed by atoms with Crippen LogP contribution in [0, 0.1) is 5.41 Å². The zero-order valence-electron chi connectivity index (χ0n) is 17.0. The fourth-order valence-electron chi connectivity index (χ4n) is 3.70. The van der Waals surface area contributed by atoms with Crippen LogP contribution in [-0.4, -0.2) is 56.8 Å². The summed E-state index contributed by atoms with van der Waals surface area (Å²) in [6, 6.07) is 13.8. The second-order valence-corrected chi connectivity index (χ2v) is 7.28. The first-order chi connectivity index (χ1) is 15.3. The molecule has 1 aromatic carbocycles. The third kappa shape index (κ3) is 3.98. The van der Waals surface area contributed by atoms with Crippen molar-refractivity contribution in [3.63, 3.8) is 0 Å². The lowest BCUT2D eigenvalue weighted by atomic mass is 10.0. The summed E-state index contributed by atoms with van der Waals surface area (Å²) >= 11 is 0. The predicted octanol–water partition coefficient (Wildman–Crippen LogP) is 3.34. The Balaban J connectivity index is 1.56. The molecule has 1 fully saturated rings. The van der Waals surface area contributed by atoms with Crippen molar-refractivity contribution in [3.8, 4) is 16.8 Å². The van der Waals surface area contributed by atoms with Gasteiger partial charge in [0.1, 0.15) is 0 Å². The molecule has 0 spiro atoms. The van der Waals surface area contributed by atoms with Crippen molar-refractivity contribution in [2.75, 3.05) is 31.7 Å². The van der Waals surface area contributed by atoms with Gasteiger partial charge in [0.2, 0.25) is 0 Å². The molecule has 0 amide bonds. The number of anilines is 1. The van der Waals surface area contributed by atoms with Crippen molar-refractivity contribution < 1.29 is 4.74 Å². The number of rotatable bonds is 6. The van der Waals surface area contributed by atoms with Gasteiger partial charge >= 0.3 is 0 Å². The number of hydrogen-bond acceptors (Lipinski definition) is 6. The van der Waals surface area contributed by atoms with E-state index < -0.39 is 0 Å². The molecule has 0 atom stereocenters. The Morgan fingerprint density at radius 2 is 1.90 bits per heavy atom. The molecule has 0 bridgehead atoms. The molecule has 8 heteroatoms. The second-order valence-electron chi connectivity index (χ2n) is 7.28. The molecule has 8 nitrogen and oxygen atoms in total. The molecule has 4 heterocycles. The Morgan fingerprint density at radius 1 is 1.06 bits per heavy atom. The number of nitrogens with one attached hydrogen (secondary N) is 3. The molecule has 0 aliphatic carbocycles. The summed E-state index contributed by atoms with van der Waals surface area (Å²) in [6.07, 6.45) is 9.05. The Labute approximate surface area is 180 Å². The van der Waals surface area contributed by atoms with Crippen LogP contribution in [-0.2, 0) is 4.74 Å². The van der Waals surface area contributed by atoms with E-state index in [-0.39, 0.29) is 0 Å². The highest BCUT2D eigenvalue weighted by molar-refractivity contribution is 6.14. The van der Waals surface area contributed by atoms with Gasteiger partial charge in [-0.25, -0.2) is 9.69 Å². The van der Waals surface area contributed by atoms with Crippen molar-refractivity contribution in [1.29, 1.82) is 5.41 Å². The van der Waals surface area contributed by atoms with Crippen LogP contribution in [0.1, 0.15) is 11.3 Å². The zero-order valence-corrected chi connectivity index (χ0v) is 17.0. The summed E-state index contributed by atoms with van der Waals surface area (Å²) in [4.78, 5) is 7.40. The molecule has 1 aliphatic heterocycles. The summed E-state index contributed by atoms with van der Waals surface area (Å²) in [5, 5.41) is 15.3. The Hall–Kier alpha value is -3.75. The molecule has 3 N–H and O–H groups in total. The molecule has 1 saturated heterocycles. The number of aromatic amines is 1. The van der Waals surface area contributed by atoms with E-state index in [1.165, 1.54) is 0 Å². The molecule has 0 saturated carbocycles. The molecule has 31 heavy (non-hydrogen) atoms. The zero-order chi connectivity index (χ0) is 21.0. The lowest BCUT2D eigenvalue weighted by Gasteiger charge is -2.28. The Bertz CT molecular complexity index is 1160. The highest BCUT2D eigenvalue weighted by Crippen LogP contribution is 2.34. The second kappa shape index (κ2) is 8.55. The number of pyridine rings is 1. The molecular formula is C23H23N7O. The summed E-state index contributed by atoms with van der Waals surface area (Å²) in [5.74, 6) is 0. The highest BCUT2D eigenvalue weighted by atomic mass is 16.5. The average molecular weight is 413 g/mol. The van der Waals surface area contributed by atoms with Crippen LogP contribution in [0.5, 0.6) is 0 Å². The van der Waals surface area contributed by atoms with Crippen molar-refractivity contribution in [2.45, 2.75) is 0 Å². The fourth-order valence-corrected chi connectivity index (χ4v) is 3.70. The van der Waals surface area contributed by atoms with E-state index in [1.807, 2.05) is 47.4 Å². The van der Waals surface area contributed by atoms with E-state index in [4.69, 9.17) is 10.1 Å². The van der Waals surface area contributed by atoms with Crippen LogP contribution in [0.2, 0.25) is 0 Å². The van der Waals surface area contributed by atoms with E-state index in [0.29, 0.717) is 18.9 Å². The standard InChI is InChI=1S/C23H23N7O/c24-21(17-5-8-25-9-6-17)23-22(28-29-11-13-31-14-12-29)20(16-26-23)18-3-1-4-19(15-18)30-10-2-7-27-30/h1-10,15-16,24,26,28H,11-14H2. The summed E-state index contributed by atoms with van der Waals surface area (Å²) in [6.45, 7) is 2.91. The summed E-state index contributed by atoms with van der Waals surface area (Å²) in [7, 11) is 0. The number of nitrogens with zero attached hydrogens (tertiary/aromatic N) is 4. The number of aromatic nitrogens is 4. The lowest BCUT2D eigenvalue weighted by molar-refractivity contribution is 0.0497. The Kier molecular flexibility index (Phi) is 5.30. The summed E-state index contributed by atoms with van der Waals surface area (Å²) in [5.41, 5.74) is 9.38.